The molecule has 4 fully saturated rings. The van der Waals surface area contributed by atoms with Gasteiger partial charge < -0.3 is 10.2 Å². The molecule has 0 aromatic carbocycles. The summed E-state index contributed by atoms with van der Waals surface area (Å²) in [5, 5.41) is 3.46. The van der Waals surface area contributed by atoms with Crippen molar-refractivity contribution >= 4 is 11.8 Å². The van der Waals surface area contributed by atoms with E-state index in [0.717, 1.165) is 13.0 Å². The van der Waals surface area contributed by atoms with Crippen LogP contribution in [0.5, 0.6) is 0 Å². The van der Waals surface area contributed by atoms with Gasteiger partial charge in [0.25, 0.3) is 0 Å². The molecule has 0 aromatic rings. The van der Waals surface area contributed by atoms with Gasteiger partial charge >= 0.3 is 0 Å². The van der Waals surface area contributed by atoms with Crippen molar-refractivity contribution in [2.24, 2.45) is 5.92 Å². The predicted molar refractivity (Wildman–Crippen MR) is 71.5 cm³/mol. The van der Waals surface area contributed by atoms with Gasteiger partial charge in [0.1, 0.15) is 0 Å². The van der Waals surface area contributed by atoms with E-state index in [1.54, 1.807) is 0 Å². The monoisotopic (exact) mass is 265 g/mol. The lowest BCUT2D eigenvalue weighted by atomic mass is 9.83. The van der Waals surface area contributed by atoms with Crippen LogP contribution in [0.1, 0.15) is 32.6 Å². The largest absolute Gasteiger partial charge is 0.302 e. The fourth-order valence-corrected chi connectivity index (χ4v) is 3.68. The second-order valence-corrected chi connectivity index (χ2v) is 6.05. The molecular formula is C14H23N3O2. The van der Waals surface area contributed by atoms with E-state index < -0.39 is 0 Å². The van der Waals surface area contributed by atoms with Crippen LogP contribution in [0.3, 0.4) is 0 Å². The molecule has 0 radical (unpaired) electrons. The summed E-state index contributed by atoms with van der Waals surface area (Å²) in [7, 11) is 0. The number of imide groups is 1. The fourth-order valence-electron chi connectivity index (χ4n) is 3.68. The summed E-state index contributed by atoms with van der Waals surface area (Å²) in [5.74, 6) is 0.669. The normalized spacial score (nSPS) is 38.3. The highest BCUT2D eigenvalue weighted by atomic mass is 16.2. The number of likely N-dealkylation sites (tertiary alicyclic amines) is 1. The third kappa shape index (κ3) is 2.41. The molecule has 2 amide bonds. The van der Waals surface area contributed by atoms with E-state index >= 15 is 0 Å². The molecule has 0 aliphatic carbocycles. The Kier molecular flexibility index (Phi) is 3.58. The van der Waals surface area contributed by atoms with Crippen molar-refractivity contribution in [3.63, 3.8) is 0 Å². The summed E-state index contributed by atoms with van der Waals surface area (Å²) in [5.41, 5.74) is 0. The van der Waals surface area contributed by atoms with Crippen molar-refractivity contribution < 1.29 is 9.59 Å². The smallest absolute Gasteiger partial charge is 0.246 e. The van der Waals surface area contributed by atoms with Crippen LogP contribution in [0, 0.1) is 5.92 Å². The molecule has 0 aromatic heterocycles. The van der Waals surface area contributed by atoms with E-state index in [1.165, 1.54) is 30.8 Å². The van der Waals surface area contributed by atoms with E-state index in [1.807, 2.05) is 6.92 Å². The van der Waals surface area contributed by atoms with Crippen molar-refractivity contribution in [2.75, 3.05) is 26.2 Å². The minimum Gasteiger partial charge on any atom is -0.302 e. The number of carbonyl (C=O) groups excluding carboxylic acids is 2. The first kappa shape index (κ1) is 13.1. The number of rotatable bonds is 4. The number of carbonyl (C=O) groups is 2. The Morgan fingerprint density at radius 2 is 2.00 bits per heavy atom. The van der Waals surface area contributed by atoms with Crippen LogP contribution >= 0.6 is 0 Å². The Balaban J connectivity index is 1.61. The molecule has 106 valence electrons. The van der Waals surface area contributed by atoms with Gasteiger partial charge in [0.2, 0.25) is 11.8 Å². The van der Waals surface area contributed by atoms with Crippen molar-refractivity contribution in [1.29, 1.82) is 0 Å². The third-order valence-electron chi connectivity index (χ3n) is 4.76. The van der Waals surface area contributed by atoms with Crippen LogP contribution in [0.25, 0.3) is 0 Å². The van der Waals surface area contributed by atoms with E-state index in [2.05, 4.69) is 10.2 Å². The highest BCUT2D eigenvalue weighted by Crippen LogP contribution is 2.28. The first-order chi connectivity index (χ1) is 9.19. The maximum absolute atomic E-state index is 12.2. The molecule has 4 aliphatic rings. The average Bonchev–Trinajstić information content (AvgIpc) is 2.68. The Morgan fingerprint density at radius 3 is 2.58 bits per heavy atom. The van der Waals surface area contributed by atoms with E-state index in [4.69, 9.17) is 0 Å². The number of hydrogen-bond donors (Lipinski definition) is 1. The van der Waals surface area contributed by atoms with Gasteiger partial charge in [-0.25, -0.2) is 0 Å². The molecule has 4 rings (SSSR count). The Morgan fingerprint density at radius 1 is 1.26 bits per heavy atom. The molecule has 5 nitrogen and oxygen atoms in total. The summed E-state index contributed by atoms with van der Waals surface area (Å²) >= 11 is 0. The zero-order valence-electron chi connectivity index (χ0n) is 11.6. The first-order valence-corrected chi connectivity index (χ1v) is 7.51. The van der Waals surface area contributed by atoms with E-state index in [9.17, 15) is 9.59 Å². The van der Waals surface area contributed by atoms with Gasteiger partial charge in [0, 0.05) is 19.1 Å². The maximum atomic E-state index is 12.2. The molecule has 2 bridgehead atoms. The van der Waals surface area contributed by atoms with Gasteiger partial charge in [0.15, 0.2) is 0 Å². The van der Waals surface area contributed by atoms with E-state index in [-0.39, 0.29) is 17.9 Å². The highest BCUT2D eigenvalue weighted by molar-refractivity contribution is 6.05. The average molecular weight is 265 g/mol. The number of amides is 2. The fraction of sp³-hybridized carbons (Fsp3) is 0.857. The molecule has 5 heteroatoms. The third-order valence-corrected chi connectivity index (χ3v) is 4.76. The molecule has 0 spiro atoms. The van der Waals surface area contributed by atoms with Crippen LogP contribution < -0.4 is 5.32 Å². The highest BCUT2D eigenvalue weighted by Gasteiger charge is 2.42. The van der Waals surface area contributed by atoms with Gasteiger partial charge in [-0.05, 0) is 38.3 Å². The maximum Gasteiger partial charge on any atom is 0.246 e. The number of nitrogens with zero attached hydrogens (tertiary/aromatic N) is 2. The first-order valence-electron chi connectivity index (χ1n) is 7.51. The molecule has 4 aliphatic heterocycles. The zero-order chi connectivity index (χ0) is 13.4. The van der Waals surface area contributed by atoms with Crippen LogP contribution in [0.2, 0.25) is 0 Å². The molecule has 4 heterocycles. The summed E-state index contributed by atoms with van der Waals surface area (Å²) in [6.07, 6.45) is 3.64. The van der Waals surface area contributed by atoms with Gasteiger partial charge in [-0.3, -0.25) is 14.5 Å². The standard InChI is InChI=1S/C14H23N3O2/c1-2-5-17-13(18)8-11(14(17)19)15-12-9-16-6-3-10(12)4-7-16/h10-12,15H,2-9H2,1H3. The second kappa shape index (κ2) is 5.21. The number of piperidine rings is 3. The van der Waals surface area contributed by atoms with Crippen molar-refractivity contribution in [2.45, 2.75) is 44.7 Å². The molecule has 4 saturated heterocycles. The summed E-state index contributed by atoms with van der Waals surface area (Å²) < 4.78 is 0. The van der Waals surface area contributed by atoms with Crippen LogP contribution in [-0.2, 0) is 9.59 Å². The summed E-state index contributed by atoms with van der Waals surface area (Å²) in [6.45, 7) is 5.99. The summed E-state index contributed by atoms with van der Waals surface area (Å²) in [4.78, 5) is 27.9. The van der Waals surface area contributed by atoms with Crippen molar-refractivity contribution in [1.82, 2.24) is 15.1 Å². The molecule has 0 saturated carbocycles. The van der Waals surface area contributed by atoms with Crippen molar-refractivity contribution in [3.05, 3.63) is 0 Å². The Labute approximate surface area is 114 Å². The predicted octanol–water partition coefficient (Wildman–Crippen LogP) is 0.208. The topological polar surface area (TPSA) is 52.7 Å². The van der Waals surface area contributed by atoms with Gasteiger partial charge in [-0.15, -0.1) is 0 Å². The lowest BCUT2D eigenvalue weighted by molar-refractivity contribution is -0.139. The number of hydrogen-bond acceptors (Lipinski definition) is 4. The molecule has 2 atom stereocenters. The molecule has 1 N–H and O–H groups in total. The summed E-state index contributed by atoms with van der Waals surface area (Å²) in [6, 6.07) is 0.121. The quantitative estimate of drug-likeness (QED) is 0.738. The van der Waals surface area contributed by atoms with Crippen LogP contribution in [0.15, 0.2) is 0 Å². The van der Waals surface area contributed by atoms with Gasteiger partial charge in [0.05, 0.1) is 12.5 Å². The Hall–Kier alpha value is -0.940. The van der Waals surface area contributed by atoms with Crippen LogP contribution in [-0.4, -0.2) is 59.9 Å². The van der Waals surface area contributed by atoms with Crippen LogP contribution in [0.4, 0.5) is 0 Å². The zero-order valence-corrected chi connectivity index (χ0v) is 11.6. The minimum absolute atomic E-state index is 0.00868. The Bertz CT molecular complexity index is 377. The van der Waals surface area contributed by atoms with Gasteiger partial charge in [-0.1, -0.05) is 6.92 Å². The lowest BCUT2D eigenvalue weighted by Gasteiger charge is -2.45. The van der Waals surface area contributed by atoms with Crippen molar-refractivity contribution in [3.8, 4) is 0 Å². The second-order valence-electron chi connectivity index (χ2n) is 6.05. The minimum atomic E-state index is -0.274. The molecule has 19 heavy (non-hydrogen) atoms. The number of fused-ring (bicyclic) bond motifs is 3. The SMILES string of the molecule is CCCN1C(=O)CC(NC2CN3CCC2CC3)C1=O. The van der Waals surface area contributed by atoms with E-state index in [0.29, 0.717) is 24.9 Å². The molecular weight excluding hydrogens is 242 g/mol. The van der Waals surface area contributed by atoms with Gasteiger partial charge in [-0.2, -0.15) is 0 Å². The number of nitrogens with one attached hydrogen (secondary N) is 1. The lowest BCUT2D eigenvalue weighted by Crippen LogP contribution is -2.59. The molecule has 2 unspecified atom stereocenters.